The fourth-order valence-electron chi connectivity index (χ4n) is 10.7. The van der Waals surface area contributed by atoms with E-state index >= 15 is 0 Å². The number of allylic oxidation sites excluding steroid dienone is 14. The molecule has 18 heteroatoms. The average molecular weight is 1410 g/mol. The van der Waals surface area contributed by atoms with Gasteiger partial charge in [0.25, 0.3) is 0 Å². The van der Waals surface area contributed by atoms with Crippen LogP contribution in [0.25, 0.3) is 0 Å². The summed E-state index contributed by atoms with van der Waals surface area (Å²) >= 11 is 0. The van der Waals surface area contributed by atoms with Crippen molar-refractivity contribution in [2.45, 2.75) is 360 Å². The molecule has 0 saturated heterocycles. The SMILES string of the molecule is CC/C=C\C/C=C\C/C=C\CCCCCCCC(=O)OCC(COP(=O)(O)OCC(O)COP(=O)(O)OCC(O)COC(=O)CCCCCCCCCCCCCCCCC/C=C\C/C=C\C/C=C\C/C=C\CCCCC)OC(=O)CCCCCCCCCCCCCCCCC. The van der Waals surface area contributed by atoms with E-state index < -0.39 is 91.5 Å². The van der Waals surface area contributed by atoms with Crippen LogP contribution in [-0.4, -0.2) is 95.9 Å². The number of rotatable bonds is 74. The molecular weight excluding hydrogens is 1270 g/mol. The lowest BCUT2D eigenvalue weighted by Crippen LogP contribution is -2.30. The Morgan fingerprint density at radius 3 is 0.887 bits per heavy atom. The molecule has 0 aliphatic carbocycles. The summed E-state index contributed by atoms with van der Waals surface area (Å²) in [6, 6.07) is 0. The van der Waals surface area contributed by atoms with Gasteiger partial charge in [-0.15, -0.1) is 0 Å². The quantitative estimate of drug-likeness (QED) is 0.0146. The van der Waals surface area contributed by atoms with Crippen LogP contribution < -0.4 is 0 Å². The van der Waals surface area contributed by atoms with E-state index in [1.54, 1.807) is 0 Å². The molecule has 0 aromatic carbocycles. The Bertz CT molecular complexity index is 2110. The van der Waals surface area contributed by atoms with Crippen molar-refractivity contribution < 1.29 is 75.8 Å². The first-order chi connectivity index (χ1) is 47.2. The predicted octanol–water partition coefficient (Wildman–Crippen LogP) is 22.4. The summed E-state index contributed by atoms with van der Waals surface area (Å²) < 4.78 is 61.0. The third-order valence-electron chi connectivity index (χ3n) is 16.6. The number of esters is 3. The number of aliphatic hydroxyl groups is 2. The Morgan fingerprint density at radius 1 is 0.299 bits per heavy atom. The van der Waals surface area contributed by atoms with Crippen LogP contribution >= 0.6 is 15.6 Å². The molecule has 0 aliphatic rings. The monoisotopic (exact) mass is 1410 g/mol. The fourth-order valence-corrected chi connectivity index (χ4v) is 12.3. The summed E-state index contributed by atoms with van der Waals surface area (Å²) in [6.07, 6.45) is 80.7. The lowest BCUT2D eigenvalue weighted by molar-refractivity contribution is -0.161. The number of carbonyl (C=O) groups is 3. The normalized spacial score (nSPS) is 14.5. The van der Waals surface area contributed by atoms with E-state index in [1.165, 1.54) is 167 Å². The van der Waals surface area contributed by atoms with E-state index in [4.69, 9.17) is 32.3 Å². The molecule has 0 saturated carbocycles. The molecule has 5 unspecified atom stereocenters. The van der Waals surface area contributed by atoms with Crippen LogP contribution in [0.5, 0.6) is 0 Å². The van der Waals surface area contributed by atoms with Gasteiger partial charge in [-0.05, 0) is 96.3 Å². The lowest BCUT2D eigenvalue weighted by atomic mass is 10.0. The number of aliphatic hydroxyl groups excluding tert-OH is 2. The first kappa shape index (κ1) is 93.7. The van der Waals surface area contributed by atoms with Crippen molar-refractivity contribution in [3.63, 3.8) is 0 Å². The molecule has 0 fully saturated rings. The van der Waals surface area contributed by atoms with Crippen LogP contribution in [0, 0.1) is 0 Å². The lowest BCUT2D eigenvalue weighted by Gasteiger charge is -2.21. The molecule has 0 spiro atoms. The van der Waals surface area contributed by atoms with Crippen LogP contribution in [-0.2, 0) is 55.8 Å². The molecular formula is C79H142O16P2. The second-order valence-electron chi connectivity index (χ2n) is 26.1. The number of hydrogen-bond donors (Lipinski definition) is 4. The summed E-state index contributed by atoms with van der Waals surface area (Å²) in [5, 5.41) is 20.6. The van der Waals surface area contributed by atoms with Crippen molar-refractivity contribution in [2.24, 2.45) is 0 Å². The number of hydrogen-bond acceptors (Lipinski definition) is 14. The Hall–Kier alpha value is -3.27. The highest BCUT2D eigenvalue weighted by Crippen LogP contribution is 2.45. The minimum absolute atomic E-state index is 0.105. The minimum atomic E-state index is -4.92. The van der Waals surface area contributed by atoms with Gasteiger partial charge in [-0.3, -0.25) is 32.5 Å². The Kier molecular flexibility index (Phi) is 70.1. The molecule has 0 bridgehead atoms. The molecule has 0 aromatic rings. The van der Waals surface area contributed by atoms with Gasteiger partial charge in [-0.1, -0.05) is 311 Å². The second kappa shape index (κ2) is 72.5. The maximum Gasteiger partial charge on any atom is 0.472 e. The molecule has 0 heterocycles. The second-order valence-corrected chi connectivity index (χ2v) is 29.0. The molecule has 0 rings (SSSR count). The summed E-state index contributed by atoms with van der Waals surface area (Å²) in [7, 11) is -9.78. The summed E-state index contributed by atoms with van der Waals surface area (Å²) in [5.74, 6) is -1.58. The summed E-state index contributed by atoms with van der Waals surface area (Å²) in [4.78, 5) is 58.5. The summed E-state index contributed by atoms with van der Waals surface area (Å²) in [6.45, 7) is 2.56. The fraction of sp³-hybridized carbons (Fsp3) is 0.785. The number of carbonyl (C=O) groups excluding carboxylic acids is 3. The Labute approximate surface area is 591 Å². The topological polar surface area (TPSA) is 231 Å². The van der Waals surface area contributed by atoms with E-state index in [0.717, 1.165) is 116 Å². The van der Waals surface area contributed by atoms with Crippen LogP contribution in [0.4, 0.5) is 0 Å². The van der Waals surface area contributed by atoms with E-state index in [9.17, 15) is 43.5 Å². The first-order valence-electron chi connectivity index (χ1n) is 38.9. The van der Waals surface area contributed by atoms with Crippen molar-refractivity contribution >= 4 is 33.6 Å². The minimum Gasteiger partial charge on any atom is -0.463 e. The first-order valence-corrected chi connectivity index (χ1v) is 41.9. The van der Waals surface area contributed by atoms with Gasteiger partial charge < -0.3 is 34.2 Å². The molecule has 16 nitrogen and oxygen atoms in total. The maximum absolute atomic E-state index is 12.9. The van der Waals surface area contributed by atoms with Crippen molar-refractivity contribution in [1.29, 1.82) is 0 Å². The van der Waals surface area contributed by atoms with Gasteiger partial charge in [0.1, 0.15) is 25.4 Å². The van der Waals surface area contributed by atoms with Crippen LogP contribution in [0.1, 0.15) is 342 Å². The Balaban J connectivity index is 4.42. The molecule has 5 atom stereocenters. The van der Waals surface area contributed by atoms with Crippen LogP contribution in [0.3, 0.4) is 0 Å². The smallest absolute Gasteiger partial charge is 0.463 e. The number of phosphoric acid groups is 2. The van der Waals surface area contributed by atoms with Crippen molar-refractivity contribution in [1.82, 2.24) is 0 Å². The van der Waals surface area contributed by atoms with Gasteiger partial charge in [-0.25, -0.2) is 9.13 Å². The van der Waals surface area contributed by atoms with Crippen molar-refractivity contribution in [3.8, 4) is 0 Å². The Morgan fingerprint density at radius 2 is 0.546 bits per heavy atom. The zero-order chi connectivity index (χ0) is 70.9. The average Bonchev–Trinajstić information content (AvgIpc) is 3.75. The van der Waals surface area contributed by atoms with E-state index in [1.807, 2.05) is 0 Å². The highest BCUT2D eigenvalue weighted by atomic mass is 31.2. The van der Waals surface area contributed by atoms with E-state index in [2.05, 4.69) is 106 Å². The number of unbranched alkanes of at least 4 members (excludes halogenated alkanes) is 37. The third-order valence-corrected chi connectivity index (χ3v) is 18.5. The molecule has 564 valence electrons. The number of phosphoric ester groups is 2. The van der Waals surface area contributed by atoms with Crippen molar-refractivity contribution in [2.75, 3.05) is 39.6 Å². The number of ether oxygens (including phenoxy) is 3. The largest absolute Gasteiger partial charge is 0.472 e. The highest BCUT2D eigenvalue weighted by molar-refractivity contribution is 7.47. The zero-order valence-corrected chi connectivity index (χ0v) is 63.3. The molecule has 0 aliphatic heterocycles. The molecule has 0 radical (unpaired) electrons. The van der Waals surface area contributed by atoms with E-state index in [0.29, 0.717) is 19.3 Å². The standard InChI is InChI=1S/C79H142O16P2/c1-4-7-10-13-16-19-22-25-28-29-30-31-32-33-34-35-36-37-38-39-40-41-42-43-46-48-50-53-56-59-62-65-77(82)89-68-74(80)69-91-96(85,86)92-70-75(81)71-93-97(87,88)94-73-76(95-79(84)67-64-61-58-55-52-49-45-27-24-21-18-15-12-9-6-3)72-90-78(83)66-63-60-57-54-51-47-44-26-23-20-17-14-11-8-5-2/h8,11,16-17,19-20,25-26,28,30-31,33-34,44,74-76,80-81H,4-7,9-10,12-15,18,21-24,27,29,32,35-43,45-73H2,1-3H3,(H,85,86)(H,87,88)/b11-8-,19-16-,20-17-,28-25-,31-30-,34-33-,44-26-. The van der Waals surface area contributed by atoms with Gasteiger partial charge in [0.2, 0.25) is 0 Å². The van der Waals surface area contributed by atoms with Gasteiger partial charge in [0.15, 0.2) is 6.10 Å². The predicted molar refractivity (Wildman–Crippen MR) is 399 cm³/mol. The van der Waals surface area contributed by atoms with Gasteiger partial charge in [0, 0.05) is 19.3 Å². The van der Waals surface area contributed by atoms with Crippen LogP contribution in [0.2, 0.25) is 0 Å². The third kappa shape index (κ3) is 73.8. The maximum atomic E-state index is 12.9. The molecule has 0 aromatic heterocycles. The highest BCUT2D eigenvalue weighted by Gasteiger charge is 2.29. The zero-order valence-electron chi connectivity index (χ0n) is 61.5. The van der Waals surface area contributed by atoms with E-state index in [-0.39, 0.29) is 19.3 Å². The van der Waals surface area contributed by atoms with Gasteiger partial charge in [-0.2, -0.15) is 0 Å². The molecule has 4 N–H and O–H groups in total. The summed E-state index contributed by atoms with van der Waals surface area (Å²) in [5.41, 5.74) is 0. The van der Waals surface area contributed by atoms with Crippen LogP contribution in [0.15, 0.2) is 85.1 Å². The molecule has 97 heavy (non-hydrogen) atoms. The van der Waals surface area contributed by atoms with Gasteiger partial charge in [0.05, 0.1) is 26.4 Å². The molecule has 0 amide bonds. The van der Waals surface area contributed by atoms with Gasteiger partial charge >= 0.3 is 33.6 Å². The van der Waals surface area contributed by atoms with Crippen molar-refractivity contribution in [3.05, 3.63) is 85.1 Å².